The number of carbonyl (C=O) groups is 1. The molecule has 0 amide bonds. The van der Waals surface area contributed by atoms with Crippen molar-refractivity contribution in [1.82, 2.24) is 0 Å². The highest BCUT2D eigenvalue weighted by Crippen LogP contribution is 2.32. The molecule has 0 N–H and O–H groups in total. The van der Waals surface area contributed by atoms with Crippen molar-refractivity contribution in [2.45, 2.75) is 27.2 Å². The lowest BCUT2D eigenvalue weighted by molar-refractivity contribution is 0.0118. The second-order valence-electron chi connectivity index (χ2n) is 7.51. The summed E-state index contributed by atoms with van der Waals surface area (Å²) in [7, 11) is -0.414. The van der Waals surface area contributed by atoms with Gasteiger partial charge in [-0.25, -0.2) is 9.18 Å². The number of halogens is 1. The summed E-state index contributed by atoms with van der Waals surface area (Å²) in [6, 6.07) is 33.7. The summed E-state index contributed by atoms with van der Waals surface area (Å²) in [4.78, 5) is 16.3. The van der Waals surface area contributed by atoms with Crippen molar-refractivity contribution in [2.75, 3.05) is 0 Å². The van der Waals surface area contributed by atoms with Gasteiger partial charge in [-0.3, -0.25) is 0 Å². The molecule has 4 heteroatoms. The second kappa shape index (κ2) is 9.77. The summed E-state index contributed by atoms with van der Waals surface area (Å²) in [6.07, 6.45) is 5.67. The van der Waals surface area contributed by atoms with Crippen LogP contribution in [0, 0.1) is 18.2 Å². The summed E-state index contributed by atoms with van der Waals surface area (Å²) in [5.74, 6) is 1.32. The van der Waals surface area contributed by atoms with E-state index < -0.39 is 28.3 Å². The number of hydrogen-bond acceptors (Lipinski definition) is 2. The van der Waals surface area contributed by atoms with Crippen LogP contribution in [0.5, 0.6) is 0 Å². The van der Waals surface area contributed by atoms with Gasteiger partial charge in [-0.05, 0) is 49.4 Å². The molecule has 162 valence electrons. The van der Waals surface area contributed by atoms with E-state index in [1.54, 1.807) is 18.2 Å². The Labute approximate surface area is 196 Å². The van der Waals surface area contributed by atoms with Gasteiger partial charge in [-0.2, -0.15) is 0 Å². The van der Waals surface area contributed by atoms with Crippen LogP contribution < -0.4 is 0 Å². The zero-order valence-electron chi connectivity index (χ0n) is 18.1. The summed E-state index contributed by atoms with van der Waals surface area (Å²) in [5.41, 5.74) is -1.03. The predicted octanol–water partition coefficient (Wildman–Crippen LogP) is 6.63. The van der Waals surface area contributed by atoms with E-state index in [2.05, 4.69) is 30.2 Å². The van der Waals surface area contributed by atoms with E-state index in [4.69, 9.17) is 11.2 Å². The molecule has 0 aliphatic heterocycles. The van der Waals surface area contributed by atoms with E-state index in [1.165, 1.54) is 19.1 Å². The molecule has 0 saturated carbocycles. The van der Waals surface area contributed by atoms with Crippen molar-refractivity contribution in [3.05, 3.63) is 126 Å². The average molecular weight is 454 g/mol. The van der Waals surface area contributed by atoms with Gasteiger partial charge >= 0.3 is 5.97 Å². The highest BCUT2D eigenvalue weighted by molar-refractivity contribution is 7.97. The van der Waals surface area contributed by atoms with E-state index in [-0.39, 0.29) is 5.56 Å². The molecule has 0 heterocycles. The van der Waals surface area contributed by atoms with Gasteiger partial charge in [0, 0.05) is 11.6 Å². The fourth-order valence-corrected chi connectivity index (χ4v) is 5.66. The molecule has 2 nitrogen and oxygen atoms in total. The Balaban J connectivity index is 1.70. The van der Waals surface area contributed by atoms with Gasteiger partial charge in [0.15, 0.2) is 20.3 Å². The minimum atomic E-state index is -1.53. The monoisotopic (exact) mass is 453 g/mol. The lowest BCUT2D eigenvalue weighted by atomic mass is 9.96. The molecule has 0 fully saturated rings. The van der Waals surface area contributed by atoms with E-state index >= 15 is 0 Å². The van der Waals surface area contributed by atoms with Crippen molar-refractivity contribution in [3.8, 4) is 12.3 Å². The molecular weight excluding hydrogens is 431 g/mol. The summed E-state index contributed by atoms with van der Waals surface area (Å²) in [5, 5.41) is 0. The molecule has 0 saturated heterocycles. The molecule has 0 aliphatic carbocycles. The first-order valence-electron chi connectivity index (χ1n) is 10.4. The quantitative estimate of drug-likeness (QED) is 0.186. The zero-order valence-corrected chi connectivity index (χ0v) is 18.9. The van der Waals surface area contributed by atoms with Gasteiger partial charge in [-0.15, -0.1) is 6.42 Å². The third-order valence-electron chi connectivity index (χ3n) is 5.22. The molecule has 1 atom stereocenters. The smallest absolute Gasteiger partial charge is 0.340 e. The average Bonchev–Trinajstić information content (AvgIpc) is 2.86. The molecule has 0 bridgehead atoms. The minimum absolute atomic E-state index is 0.144. The number of ether oxygens (including phenoxy) is 1. The number of esters is 1. The van der Waals surface area contributed by atoms with E-state index in [0.29, 0.717) is 5.56 Å². The number of hydrogen-bond donors (Lipinski definition) is 0. The summed E-state index contributed by atoms with van der Waals surface area (Å²) in [6.45, 7) is 1.52. The third-order valence-corrected chi connectivity index (χ3v) is 7.44. The number of terminal acetylenes is 1. The van der Waals surface area contributed by atoms with Crippen molar-refractivity contribution < 1.29 is 13.9 Å². The number of carbonyl (C=O) groups excluding carboxylic acids is 1. The molecular formula is C29H22FO2S+. The molecule has 4 aromatic rings. The molecule has 0 spiro atoms. The molecule has 0 aliphatic rings. The first-order valence-corrected chi connectivity index (χ1v) is 11.6. The van der Waals surface area contributed by atoms with Gasteiger partial charge in [0.05, 0.1) is 16.5 Å². The standard InChI is InChI=1S/C29H22FO2S/c1-3-29(2,26-19-10-11-20-27(26)30)32-28(31)22-13-12-18-25(21-22)33(23-14-6-4-7-15-23)24-16-8-5-9-17-24/h1,4-21H,2H3/q+1. The van der Waals surface area contributed by atoms with Crippen LogP contribution in [0.25, 0.3) is 0 Å². The fourth-order valence-electron chi connectivity index (χ4n) is 3.53. The van der Waals surface area contributed by atoms with Crippen LogP contribution in [0.2, 0.25) is 0 Å². The van der Waals surface area contributed by atoms with Crippen LogP contribution in [-0.2, 0) is 21.2 Å². The van der Waals surface area contributed by atoms with Crippen LogP contribution in [0.15, 0.2) is 124 Å². The Bertz CT molecular complexity index is 1260. The van der Waals surface area contributed by atoms with Gasteiger partial charge in [0.1, 0.15) is 5.82 Å². The highest BCUT2D eigenvalue weighted by Gasteiger charge is 2.33. The number of benzene rings is 4. The Kier molecular flexibility index (Phi) is 6.63. The Morgan fingerprint density at radius 3 is 1.94 bits per heavy atom. The number of rotatable bonds is 6. The topological polar surface area (TPSA) is 26.3 Å². The molecule has 0 aromatic heterocycles. The first kappa shape index (κ1) is 22.4. The maximum Gasteiger partial charge on any atom is 0.340 e. The van der Waals surface area contributed by atoms with Crippen LogP contribution in [0.3, 0.4) is 0 Å². The van der Waals surface area contributed by atoms with Crippen LogP contribution in [0.1, 0.15) is 22.8 Å². The first-order chi connectivity index (χ1) is 16.0. The van der Waals surface area contributed by atoms with Crippen molar-refractivity contribution >= 4 is 16.9 Å². The Morgan fingerprint density at radius 1 is 0.818 bits per heavy atom. The Hall–Kier alpha value is -3.81. The second-order valence-corrected chi connectivity index (χ2v) is 9.53. The Morgan fingerprint density at radius 2 is 1.36 bits per heavy atom. The summed E-state index contributed by atoms with van der Waals surface area (Å²) >= 11 is 0. The van der Waals surface area contributed by atoms with Crippen molar-refractivity contribution in [3.63, 3.8) is 0 Å². The van der Waals surface area contributed by atoms with Gasteiger partial charge < -0.3 is 4.74 Å². The van der Waals surface area contributed by atoms with E-state index in [9.17, 15) is 9.18 Å². The van der Waals surface area contributed by atoms with Crippen molar-refractivity contribution in [1.29, 1.82) is 0 Å². The maximum absolute atomic E-state index is 14.4. The van der Waals surface area contributed by atoms with E-state index in [1.807, 2.05) is 54.6 Å². The van der Waals surface area contributed by atoms with Crippen LogP contribution >= 0.6 is 0 Å². The van der Waals surface area contributed by atoms with Gasteiger partial charge in [0.2, 0.25) is 0 Å². The lowest BCUT2D eigenvalue weighted by Gasteiger charge is -2.25. The van der Waals surface area contributed by atoms with E-state index in [0.717, 1.165) is 14.7 Å². The van der Waals surface area contributed by atoms with Gasteiger partial charge in [-0.1, -0.05) is 66.6 Å². The van der Waals surface area contributed by atoms with Crippen LogP contribution in [0.4, 0.5) is 4.39 Å². The van der Waals surface area contributed by atoms with Crippen LogP contribution in [-0.4, -0.2) is 5.97 Å². The third kappa shape index (κ3) is 4.84. The largest absolute Gasteiger partial charge is 0.438 e. The molecule has 4 aromatic carbocycles. The normalized spacial score (nSPS) is 12.5. The molecule has 33 heavy (non-hydrogen) atoms. The molecule has 1 unspecified atom stereocenters. The SMILES string of the molecule is C#CC(C)(OC(=O)c1cccc([S+](c2ccccc2)c2ccccc2)c1)c1ccccc1F. The fraction of sp³-hybridized carbons (Fsp3) is 0.0690. The minimum Gasteiger partial charge on any atom is -0.438 e. The summed E-state index contributed by atoms with van der Waals surface area (Å²) < 4.78 is 20.1. The van der Waals surface area contributed by atoms with Crippen molar-refractivity contribution in [2.24, 2.45) is 0 Å². The molecule has 4 rings (SSSR count). The van der Waals surface area contributed by atoms with Gasteiger partial charge in [0.25, 0.3) is 0 Å². The highest BCUT2D eigenvalue weighted by atomic mass is 32.2. The lowest BCUT2D eigenvalue weighted by Crippen LogP contribution is -2.28. The molecule has 0 radical (unpaired) electrons. The maximum atomic E-state index is 14.4. The predicted molar refractivity (Wildman–Crippen MR) is 129 cm³/mol. The zero-order chi connectivity index (χ0) is 23.3.